The monoisotopic (exact) mass is 565 g/mol. The van der Waals surface area contributed by atoms with E-state index in [2.05, 4.69) is 31.1 Å². The maximum Gasteiger partial charge on any atom is 0.234 e. The summed E-state index contributed by atoms with van der Waals surface area (Å²) in [6.07, 6.45) is 2.33. The molecule has 0 bridgehead atoms. The summed E-state index contributed by atoms with van der Waals surface area (Å²) in [5.41, 5.74) is 2.28. The lowest BCUT2D eigenvalue weighted by Crippen LogP contribution is -2.25. The first-order chi connectivity index (χ1) is 15.5. The van der Waals surface area contributed by atoms with E-state index in [1.165, 1.54) is 47.7 Å². The largest absolute Gasteiger partial charge is 0.358 e. The van der Waals surface area contributed by atoms with E-state index in [1.54, 1.807) is 0 Å². The molecule has 1 fully saturated rings. The average molecular weight is 567 g/mol. The smallest absolute Gasteiger partial charge is 0.234 e. The van der Waals surface area contributed by atoms with Gasteiger partial charge >= 0.3 is 0 Å². The summed E-state index contributed by atoms with van der Waals surface area (Å²) in [5.74, 6) is 0.628. The van der Waals surface area contributed by atoms with E-state index in [1.807, 2.05) is 42.5 Å². The molecule has 10 heteroatoms. The molecule has 1 N–H and O–H groups in total. The number of thioether (sulfide) groups is 2. The number of Topliss-reactive ketones (excluding diaryl/α,β-unsaturated/α-hetero) is 1. The number of aromatic nitrogens is 1. The number of nitrogens with zero attached hydrogens (tertiary/aromatic N) is 2. The number of amides is 1. The molecule has 5 nitrogen and oxygen atoms in total. The van der Waals surface area contributed by atoms with Crippen LogP contribution in [0.2, 0.25) is 0 Å². The fourth-order valence-corrected chi connectivity index (χ4v) is 6.52. The van der Waals surface area contributed by atoms with Gasteiger partial charge in [0.15, 0.2) is 10.1 Å². The number of ketones is 1. The number of fused-ring (bicyclic) bond motifs is 1. The summed E-state index contributed by atoms with van der Waals surface area (Å²) in [5, 5.41) is 2.94. The Labute approximate surface area is 212 Å². The van der Waals surface area contributed by atoms with Gasteiger partial charge in [-0.2, -0.15) is 0 Å². The van der Waals surface area contributed by atoms with Crippen LogP contribution in [-0.4, -0.2) is 50.5 Å². The number of anilines is 1. The first kappa shape index (κ1) is 23.7. The Hall–Kier alpha value is -1.46. The van der Waals surface area contributed by atoms with E-state index in [-0.39, 0.29) is 11.7 Å². The van der Waals surface area contributed by atoms with Gasteiger partial charge in [-0.15, -0.1) is 11.3 Å². The van der Waals surface area contributed by atoms with Gasteiger partial charge in [0.1, 0.15) is 4.32 Å². The molecule has 0 unspecified atom stereocenters. The molecule has 32 heavy (non-hydrogen) atoms. The predicted molar refractivity (Wildman–Crippen MR) is 143 cm³/mol. The molecule has 2 heterocycles. The van der Waals surface area contributed by atoms with Crippen molar-refractivity contribution in [2.75, 3.05) is 29.9 Å². The van der Waals surface area contributed by atoms with Crippen LogP contribution in [-0.2, 0) is 4.79 Å². The van der Waals surface area contributed by atoms with Crippen molar-refractivity contribution in [1.82, 2.24) is 9.88 Å². The Bertz CT molecular complexity index is 1140. The van der Waals surface area contributed by atoms with Crippen LogP contribution in [0.1, 0.15) is 23.2 Å². The standard InChI is InChI=1S/C22H20BrN3O2S4/c23-15-5-3-14(4-6-15)18(27)12-30-21-25-17-8-7-16(11-19(17)32-21)24-20(28)13-31-22(29)26-9-1-2-10-26/h3-8,11H,1-2,9-10,12-13H2,(H,24,28). The summed E-state index contributed by atoms with van der Waals surface area (Å²) >= 11 is 13.2. The van der Waals surface area contributed by atoms with Crippen molar-refractivity contribution >= 4 is 94.9 Å². The molecule has 0 radical (unpaired) electrons. The second-order valence-corrected chi connectivity index (χ2v) is 12.0. The molecule has 0 aliphatic carbocycles. The van der Waals surface area contributed by atoms with E-state index in [0.717, 1.165) is 42.1 Å². The summed E-state index contributed by atoms with van der Waals surface area (Å²) in [6, 6.07) is 13.0. The highest BCUT2D eigenvalue weighted by Gasteiger charge is 2.16. The van der Waals surface area contributed by atoms with Gasteiger partial charge in [0, 0.05) is 28.8 Å². The molecule has 1 aromatic heterocycles. The van der Waals surface area contributed by atoms with Crippen molar-refractivity contribution < 1.29 is 9.59 Å². The van der Waals surface area contributed by atoms with Crippen molar-refractivity contribution in [3.8, 4) is 0 Å². The first-order valence-electron chi connectivity index (χ1n) is 10.0. The number of benzene rings is 2. The zero-order chi connectivity index (χ0) is 22.5. The van der Waals surface area contributed by atoms with Gasteiger partial charge in [0.25, 0.3) is 0 Å². The molecule has 1 amide bonds. The Morgan fingerprint density at radius 1 is 1.12 bits per heavy atom. The van der Waals surface area contributed by atoms with E-state index in [4.69, 9.17) is 12.2 Å². The topological polar surface area (TPSA) is 62.3 Å². The van der Waals surface area contributed by atoms with Crippen molar-refractivity contribution in [3.63, 3.8) is 0 Å². The molecule has 0 saturated carbocycles. The summed E-state index contributed by atoms with van der Waals surface area (Å²) in [6.45, 7) is 1.98. The summed E-state index contributed by atoms with van der Waals surface area (Å²) in [4.78, 5) is 31.5. The molecular formula is C22H20BrN3O2S4. The number of hydrogen-bond donors (Lipinski definition) is 1. The van der Waals surface area contributed by atoms with Crippen molar-refractivity contribution in [1.29, 1.82) is 0 Å². The number of thiazole rings is 1. The number of carbonyl (C=O) groups excluding carboxylic acids is 2. The Kier molecular flexibility index (Phi) is 8.22. The molecule has 1 aliphatic heterocycles. The number of nitrogens with one attached hydrogen (secondary N) is 1. The molecule has 1 saturated heterocycles. The lowest BCUT2D eigenvalue weighted by Gasteiger charge is -2.17. The molecule has 1 aliphatic rings. The second-order valence-electron chi connectivity index (χ2n) is 7.18. The molecule has 2 aromatic carbocycles. The van der Waals surface area contributed by atoms with Crippen LogP contribution in [0, 0.1) is 0 Å². The third kappa shape index (κ3) is 6.32. The van der Waals surface area contributed by atoms with Crippen LogP contribution < -0.4 is 5.32 Å². The molecule has 0 spiro atoms. The molecule has 4 rings (SSSR count). The Morgan fingerprint density at radius 2 is 1.88 bits per heavy atom. The minimum atomic E-state index is -0.0740. The first-order valence-corrected chi connectivity index (χ1v) is 14.0. The number of rotatable bonds is 7. The lowest BCUT2D eigenvalue weighted by molar-refractivity contribution is -0.113. The highest BCUT2D eigenvalue weighted by molar-refractivity contribution is 9.10. The second kappa shape index (κ2) is 11.1. The highest BCUT2D eigenvalue weighted by atomic mass is 79.9. The highest BCUT2D eigenvalue weighted by Crippen LogP contribution is 2.32. The SMILES string of the molecule is O=C(CSC(=S)N1CCCC1)Nc1ccc2nc(SCC(=O)c3ccc(Br)cc3)sc2c1. The van der Waals surface area contributed by atoms with E-state index in [9.17, 15) is 9.59 Å². The van der Waals surface area contributed by atoms with Gasteiger partial charge in [-0.25, -0.2) is 4.98 Å². The number of halogens is 1. The quantitative estimate of drug-likeness (QED) is 0.211. The zero-order valence-electron chi connectivity index (χ0n) is 17.0. The van der Waals surface area contributed by atoms with Gasteiger partial charge in [-0.3, -0.25) is 9.59 Å². The van der Waals surface area contributed by atoms with E-state index < -0.39 is 0 Å². The van der Waals surface area contributed by atoms with Crippen LogP contribution in [0.4, 0.5) is 5.69 Å². The third-order valence-corrected chi connectivity index (χ3v) is 9.05. The predicted octanol–water partition coefficient (Wildman–Crippen LogP) is 6.09. The Morgan fingerprint density at radius 3 is 2.62 bits per heavy atom. The molecular weight excluding hydrogens is 546 g/mol. The third-order valence-electron chi connectivity index (χ3n) is 4.84. The number of thiocarbonyl (C=S) groups is 1. The molecule has 3 aromatic rings. The summed E-state index contributed by atoms with van der Waals surface area (Å²) in [7, 11) is 0. The molecule has 0 atom stereocenters. The lowest BCUT2D eigenvalue weighted by atomic mass is 10.2. The van der Waals surface area contributed by atoms with Crippen LogP contribution in [0.15, 0.2) is 51.3 Å². The van der Waals surface area contributed by atoms with Crippen molar-refractivity contribution in [3.05, 3.63) is 52.5 Å². The zero-order valence-corrected chi connectivity index (χ0v) is 21.9. The van der Waals surface area contributed by atoms with Crippen LogP contribution in [0.5, 0.6) is 0 Å². The normalized spacial score (nSPS) is 13.5. The van der Waals surface area contributed by atoms with Gasteiger partial charge in [-0.05, 0) is 43.2 Å². The minimum Gasteiger partial charge on any atom is -0.358 e. The Balaban J connectivity index is 1.31. The van der Waals surface area contributed by atoms with E-state index in [0.29, 0.717) is 17.1 Å². The number of likely N-dealkylation sites (tertiary alicyclic amines) is 1. The summed E-state index contributed by atoms with van der Waals surface area (Å²) < 4.78 is 3.56. The van der Waals surface area contributed by atoms with Crippen LogP contribution in [0.3, 0.4) is 0 Å². The fraction of sp³-hybridized carbons (Fsp3) is 0.273. The fourth-order valence-electron chi connectivity index (χ4n) is 3.20. The maximum absolute atomic E-state index is 12.4. The van der Waals surface area contributed by atoms with Crippen molar-refractivity contribution in [2.45, 2.75) is 17.2 Å². The number of carbonyl (C=O) groups is 2. The maximum atomic E-state index is 12.4. The van der Waals surface area contributed by atoms with Gasteiger partial charge < -0.3 is 10.2 Å². The average Bonchev–Trinajstić information content (AvgIpc) is 3.46. The van der Waals surface area contributed by atoms with Crippen LogP contribution in [0.25, 0.3) is 10.2 Å². The van der Waals surface area contributed by atoms with Gasteiger partial charge in [0.05, 0.1) is 21.7 Å². The molecule has 166 valence electrons. The van der Waals surface area contributed by atoms with E-state index >= 15 is 0 Å². The van der Waals surface area contributed by atoms with Crippen LogP contribution >= 0.6 is 63.0 Å². The van der Waals surface area contributed by atoms with Gasteiger partial charge in [-0.1, -0.05) is 63.8 Å². The minimum absolute atomic E-state index is 0.0686. The number of hydrogen-bond acceptors (Lipinski definition) is 7. The van der Waals surface area contributed by atoms with Gasteiger partial charge in [0.2, 0.25) is 5.91 Å². The van der Waals surface area contributed by atoms with Crippen molar-refractivity contribution in [2.24, 2.45) is 0 Å².